The van der Waals surface area contributed by atoms with E-state index >= 15 is 0 Å². The van der Waals surface area contributed by atoms with Crippen molar-refractivity contribution in [1.29, 1.82) is 0 Å². The van der Waals surface area contributed by atoms with Gasteiger partial charge in [0.15, 0.2) is 0 Å². The minimum Gasteiger partial charge on any atom is -0.328 e. The van der Waals surface area contributed by atoms with Crippen molar-refractivity contribution in [2.75, 3.05) is 6.54 Å². The van der Waals surface area contributed by atoms with Gasteiger partial charge in [-0.15, -0.1) is 0 Å². The zero-order valence-electron chi connectivity index (χ0n) is 7.05. The molecule has 1 aliphatic heterocycles. The van der Waals surface area contributed by atoms with Crippen LogP contribution in [0.25, 0.3) is 0 Å². The fourth-order valence-electron chi connectivity index (χ4n) is 1.64. The lowest BCUT2D eigenvalue weighted by atomic mass is 10.2. The van der Waals surface area contributed by atoms with Gasteiger partial charge in [-0.2, -0.15) is 0 Å². The highest BCUT2D eigenvalue weighted by atomic mass is 127. The first kappa shape index (κ1) is 8.50. The molecule has 0 bridgehead atoms. The molecule has 0 aromatic carbocycles. The molecule has 12 heavy (non-hydrogen) atoms. The van der Waals surface area contributed by atoms with E-state index < -0.39 is 0 Å². The number of rotatable bonds is 1. The summed E-state index contributed by atoms with van der Waals surface area (Å²) in [7, 11) is 0. The third-order valence-electron chi connectivity index (χ3n) is 2.38. The summed E-state index contributed by atoms with van der Waals surface area (Å²) in [4.78, 5) is 4.31. The molecule has 1 N–H and O–H groups in total. The molecular formula is C8H12IN3. The number of nitrogens with one attached hydrogen (secondary N) is 1. The van der Waals surface area contributed by atoms with Gasteiger partial charge in [-0.05, 0) is 29.0 Å². The van der Waals surface area contributed by atoms with Crippen LogP contribution in [-0.2, 0) is 6.54 Å². The molecule has 0 saturated heterocycles. The van der Waals surface area contributed by atoms with Crippen molar-refractivity contribution >= 4 is 22.6 Å². The van der Waals surface area contributed by atoms with E-state index in [2.05, 4.69) is 44.4 Å². The van der Waals surface area contributed by atoms with Crippen molar-refractivity contribution < 1.29 is 0 Å². The molecular weight excluding hydrogens is 265 g/mol. The summed E-state index contributed by atoms with van der Waals surface area (Å²) in [6.07, 6.45) is 3.14. The van der Waals surface area contributed by atoms with Crippen LogP contribution >= 0.6 is 22.6 Å². The Morgan fingerprint density at radius 1 is 1.83 bits per heavy atom. The Hall–Kier alpha value is -0.100. The maximum atomic E-state index is 4.31. The summed E-state index contributed by atoms with van der Waals surface area (Å²) in [5.74, 6) is 0. The molecule has 1 unspecified atom stereocenters. The second kappa shape index (κ2) is 3.33. The topological polar surface area (TPSA) is 29.9 Å². The van der Waals surface area contributed by atoms with E-state index in [1.54, 1.807) is 0 Å². The zero-order valence-corrected chi connectivity index (χ0v) is 9.21. The highest BCUT2D eigenvalue weighted by Crippen LogP contribution is 2.21. The monoisotopic (exact) mass is 277 g/mol. The minimum atomic E-state index is 0.602. The Labute approximate surface area is 85.7 Å². The Morgan fingerprint density at radius 3 is 3.42 bits per heavy atom. The van der Waals surface area contributed by atoms with Crippen LogP contribution in [-0.4, -0.2) is 16.1 Å². The molecule has 0 spiro atoms. The highest BCUT2D eigenvalue weighted by molar-refractivity contribution is 14.1. The largest absolute Gasteiger partial charge is 0.328 e. The van der Waals surface area contributed by atoms with E-state index in [9.17, 15) is 0 Å². The first-order valence-corrected chi connectivity index (χ1v) is 5.32. The van der Waals surface area contributed by atoms with Crippen LogP contribution in [0.2, 0.25) is 0 Å². The smallest absolute Gasteiger partial charge is 0.123 e. The average molecular weight is 277 g/mol. The third kappa shape index (κ3) is 1.26. The van der Waals surface area contributed by atoms with Crippen LogP contribution in [0.1, 0.15) is 25.1 Å². The second-order valence-electron chi connectivity index (χ2n) is 3.08. The number of imidazole rings is 1. The molecule has 1 atom stereocenters. The van der Waals surface area contributed by atoms with E-state index in [1.165, 1.54) is 12.1 Å². The van der Waals surface area contributed by atoms with Crippen LogP contribution in [0.3, 0.4) is 0 Å². The quantitative estimate of drug-likeness (QED) is 0.789. The molecule has 0 aliphatic carbocycles. The van der Waals surface area contributed by atoms with E-state index in [1.807, 2.05) is 6.33 Å². The van der Waals surface area contributed by atoms with Gasteiger partial charge in [0.1, 0.15) is 3.70 Å². The summed E-state index contributed by atoms with van der Waals surface area (Å²) in [6, 6.07) is 0.602. The molecule has 1 aromatic heterocycles. The van der Waals surface area contributed by atoms with Gasteiger partial charge in [-0.3, -0.25) is 0 Å². The van der Waals surface area contributed by atoms with Gasteiger partial charge in [0.2, 0.25) is 0 Å². The number of halogens is 1. The molecule has 2 heterocycles. The van der Waals surface area contributed by atoms with Gasteiger partial charge in [0.25, 0.3) is 0 Å². The molecule has 0 saturated carbocycles. The Bertz CT molecular complexity index is 282. The number of hydrogen-bond acceptors (Lipinski definition) is 2. The maximum absolute atomic E-state index is 4.31. The first-order valence-electron chi connectivity index (χ1n) is 4.25. The second-order valence-corrected chi connectivity index (χ2v) is 4.10. The number of hydrogen-bond donors (Lipinski definition) is 1. The summed E-state index contributed by atoms with van der Waals surface area (Å²) < 4.78 is 3.44. The molecule has 1 aromatic rings. The minimum absolute atomic E-state index is 0.602. The maximum Gasteiger partial charge on any atom is 0.123 e. The lowest BCUT2D eigenvalue weighted by Gasteiger charge is -2.25. The van der Waals surface area contributed by atoms with E-state index in [0.29, 0.717) is 6.04 Å². The molecule has 2 rings (SSSR count). The fraction of sp³-hybridized carbons (Fsp3) is 0.625. The Kier molecular flexibility index (Phi) is 2.36. The van der Waals surface area contributed by atoms with Crippen LogP contribution in [0.4, 0.5) is 0 Å². The molecule has 0 radical (unpaired) electrons. The van der Waals surface area contributed by atoms with Crippen LogP contribution < -0.4 is 5.32 Å². The van der Waals surface area contributed by atoms with Crippen molar-refractivity contribution in [3.63, 3.8) is 0 Å². The van der Waals surface area contributed by atoms with Crippen molar-refractivity contribution in [3.8, 4) is 0 Å². The van der Waals surface area contributed by atoms with Crippen molar-refractivity contribution in [2.24, 2.45) is 0 Å². The van der Waals surface area contributed by atoms with Gasteiger partial charge in [-0.25, -0.2) is 4.98 Å². The average Bonchev–Trinajstić information content (AvgIpc) is 2.48. The van der Waals surface area contributed by atoms with Crippen LogP contribution in [0.15, 0.2) is 6.33 Å². The lowest BCUT2D eigenvalue weighted by Crippen LogP contribution is -2.32. The predicted molar refractivity (Wildman–Crippen MR) is 56.0 cm³/mol. The van der Waals surface area contributed by atoms with Crippen LogP contribution in [0, 0.1) is 3.70 Å². The van der Waals surface area contributed by atoms with Crippen molar-refractivity contribution in [2.45, 2.75) is 25.9 Å². The molecule has 3 nitrogen and oxygen atoms in total. The van der Waals surface area contributed by atoms with Gasteiger partial charge in [0.05, 0.1) is 12.0 Å². The predicted octanol–water partition coefficient (Wildman–Crippen LogP) is 1.54. The van der Waals surface area contributed by atoms with Gasteiger partial charge < -0.3 is 9.88 Å². The molecule has 66 valence electrons. The summed E-state index contributed by atoms with van der Waals surface area (Å²) in [5.41, 5.74) is 1.34. The first-order chi connectivity index (χ1) is 5.83. The van der Waals surface area contributed by atoms with Gasteiger partial charge >= 0.3 is 0 Å². The van der Waals surface area contributed by atoms with E-state index in [0.717, 1.165) is 16.8 Å². The van der Waals surface area contributed by atoms with Gasteiger partial charge in [-0.1, -0.05) is 6.92 Å². The molecule has 1 aliphatic rings. The lowest BCUT2D eigenvalue weighted by molar-refractivity contribution is 0.391. The molecule has 0 amide bonds. The van der Waals surface area contributed by atoms with Crippen molar-refractivity contribution in [1.82, 2.24) is 14.9 Å². The Morgan fingerprint density at radius 2 is 2.67 bits per heavy atom. The van der Waals surface area contributed by atoms with Crippen LogP contribution in [0.5, 0.6) is 0 Å². The van der Waals surface area contributed by atoms with E-state index in [4.69, 9.17) is 0 Å². The summed E-state index contributed by atoms with van der Waals surface area (Å²) in [6.45, 7) is 4.26. The third-order valence-corrected chi connectivity index (χ3v) is 3.28. The number of nitrogens with zero attached hydrogens (tertiary/aromatic N) is 2. The molecule has 4 heteroatoms. The normalized spacial score (nSPS) is 22.3. The fourth-order valence-corrected chi connectivity index (χ4v) is 2.23. The Balaban J connectivity index is 2.38. The molecule has 0 fully saturated rings. The standard InChI is InChI=1S/C8H12IN3/c1-2-6-3-10-4-7-8(9)11-5-12(6)7/h5-6,10H,2-4H2,1H3. The van der Waals surface area contributed by atoms with E-state index in [-0.39, 0.29) is 0 Å². The summed E-state index contributed by atoms with van der Waals surface area (Å²) in [5, 5.41) is 3.40. The number of aromatic nitrogens is 2. The SMILES string of the molecule is CCC1CNCc2c(I)ncn21. The number of fused-ring (bicyclic) bond motifs is 1. The van der Waals surface area contributed by atoms with Gasteiger partial charge in [0, 0.05) is 19.1 Å². The van der Waals surface area contributed by atoms with Crippen molar-refractivity contribution in [3.05, 3.63) is 15.7 Å². The highest BCUT2D eigenvalue weighted by Gasteiger charge is 2.19. The summed E-state index contributed by atoms with van der Waals surface area (Å²) >= 11 is 2.29. The zero-order chi connectivity index (χ0) is 8.55.